The lowest BCUT2D eigenvalue weighted by molar-refractivity contribution is -0.122. The van der Waals surface area contributed by atoms with Crippen molar-refractivity contribution in [1.29, 1.82) is 0 Å². The molecule has 9 heteroatoms. The summed E-state index contributed by atoms with van der Waals surface area (Å²) in [6.07, 6.45) is 0.803. The van der Waals surface area contributed by atoms with Gasteiger partial charge in [-0.05, 0) is 13.3 Å². The highest BCUT2D eigenvalue weighted by Gasteiger charge is 2.22. The van der Waals surface area contributed by atoms with Gasteiger partial charge in [-0.15, -0.1) is 0 Å². The first-order valence-corrected chi connectivity index (χ1v) is 8.05. The molecule has 1 saturated heterocycles. The highest BCUT2D eigenvalue weighted by Crippen LogP contribution is 2.09. The number of anilines is 1. The fraction of sp³-hybridized carbons (Fsp3) is 0.667. The van der Waals surface area contributed by atoms with E-state index in [4.69, 9.17) is 9.26 Å². The van der Waals surface area contributed by atoms with E-state index in [1.165, 1.54) is 0 Å². The molecule has 0 aliphatic carbocycles. The van der Waals surface area contributed by atoms with Crippen LogP contribution in [0.2, 0.25) is 0 Å². The maximum atomic E-state index is 12.1. The third kappa shape index (κ3) is 5.82. The molecular weight excluding hydrogens is 314 g/mol. The average molecular weight is 339 g/mol. The smallest absolute Gasteiger partial charge is 0.323 e. The number of piperazine rings is 1. The highest BCUT2D eigenvalue weighted by atomic mass is 16.5. The lowest BCUT2D eigenvalue weighted by Crippen LogP contribution is -2.52. The Bertz CT molecular complexity index is 540. The molecule has 0 spiro atoms. The molecule has 3 amide bonds. The van der Waals surface area contributed by atoms with Gasteiger partial charge in [0.05, 0.1) is 6.54 Å². The molecule has 2 N–H and O–H groups in total. The second kappa shape index (κ2) is 9.24. The van der Waals surface area contributed by atoms with Crippen molar-refractivity contribution in [2.75, 3.05) is 58.3 Å². The van der Waals surface area contributed by atoms with Gasteiger partial charge < -0.3 is 19.5 Å². The van der Waals surface area contributed by atoms with Crippen LogP contribution in [-0.4, -0.2) is 79.9 Å². The number of methoxy groups -OCH3 is 1. The molecule has 1 aliphatic rings. The second-order valence-corrected chi connectivity index (χ2v) is 5.71. The normalized spacial score (nSPS) is 15.3. The van der Waals surface area contributed by atoms with Gasteiger partial charge in [-0.1, -0.05) is 5.16 Å². The lowest BCUT2D eigenvalue weighted by Gasteiger charge is -2.34. The summed E-state index contributed by atoms with van der Waals surface area (Å²) in [4.78, 5) is 27.7. The summed E-state index contributed by atoms with van der Waals surface area (Å²) in [6, 6.07) is 1.47. The topological polar surface area (TPSA) is 99.9 Å². The van der Waals surface area contributed by atoms with E-state index in [9.17, 15) is 9.59 Å². The zero-order chi connectivity index (χ0) is 17.4. The van der Waals surface area contributed by atoms with E-state index in [1.54, 1.807) is 25.0 Å². The van der Waals surface area contributed by atoms with Gasteiger partial charge in [0.2, 0.25) is 5.91 Å². The summed E-state index contributed by atoms with van der Waals surface area (Å²) in [5, 5.41) is 9.30. The number of amides is 3. The number of carbonyl (C=O) groups is 2. The molecule has 0 atom stereocenters. The molecule has 0 aromatic carbocycles. The predicted octanol–water partition coefficient (Wildman–Crippen LogP) is 0.285. The number of aryl methyl sites for hydroxylation is 1. The number of hydrogen-bond donors (Lipinski definition) is 2. The van der Waals surface area contributed by atoms with Crippen molar-refractivity contribution in [1.82, 2.24) is 20.3 Å². The maximum Gasteiger partial charge on any atom is 0.323 e. The molecule has 2 heterocycles. The van der Waals surface area contributed by atoms with E-state index >= 15 is 0 Å². The van der Waals surface area contributed by atoms with Crippen molar-refractivity contribution in [2.45, 2.75) is 13.3 Å². The van der Waals surface area contributed by atoms with Crippen LogP contribution in [0.15, 0.2) is 10.6 Å². The third-order valence-electron chi connectivity index (χ3n) is 3.74. The van der Waals surface area contributed by atoms with Crippen LogP contribution in [0.25, 0.3) is 0 Å². The van der Waals surface area contributed by atoms with E-state index in [0.29, 0.717) is 57.5 Å². The highest BCUT2D eigenvalue weighted by molar-refractivity contribution is 5.88. The molecule has 1 fully saturated rings. The van der Waals surface area contributed by atoms with Crippen molar-refractivity contribution in [3.05, 3.63) is 11.8 Å². The minimum Gasteiger partial charge on any atom is -0.385 e. The number of carbonyl (C=O) groups excluding carboxylic acids is 2. The zero-order valence-electron chi connectivity index (χ0n) is 14.2. The third-order valence-corrected chi connectivity index (χ3v) is 3.74. The number of nitrogens with zero attached hydrogens (tertiary/aromatic N) is 3. The van der Waals surface area contributed by atoms with Gasteiger partial charge in [0.15, 0.2) is 5.82 Å². The fourth-order valence-electron chi connectivity index (χ4n) is 2.43. The SMILES string of the molecule is COCCCNC(=O)CN1CCN(C(=O)Nc2cc(C)on2)CC1. The van der Waals surface area contributed by atoms with E-state index in [2.05, 4.69) is 15.8 Å². The Balaban J connectivity index is 1.65. The summed E-state index contributed by atoms with van der Waals surface area (Å²) in [5.74, 6) is 1.06. The Morgan fingerprint density at radius 2 is 2.08 bits per heavy atom. The van der Waals surface area contributed by atoms with Gasteiger partial charge in [0, 0.05) is 52.5 Å². The Hall–Kier alpha value is -2.13. The quantitative estimate of drug-likeness (QED) is 0.693. The van der Waals surface area contributed by atoms with Crippen LogP contribution in [0, 0.1) is 6.92 Å². The van der Waals surface area contributed by atoms with E-state index < -0.39 is 0 Å². The number of hydrogen-bond acceptors (Lipinski definition) is 6. The van der Waals surface area contributed by atoms with Crippen LogP contribution < -0.4 is 10.6 Å². The maximum absolute atomic E-state index is 12.1. The largest absolute Gasteiger partial charge is 0.385 e. The van der Waals surface area contributed by atoms with Gasteiger partial charge in [-0.25, -0.2) is 4.79 Å². The Kier molecular flexibility index (Phi) is 7.01. The van der Waals surface area contributed by atoms with Crippen LogP contribution >= 0.6 is 0 Å². The van der Waals surface area contributed by atoms with Crippen molar-refractivity contribution in [3.8, 4) is 0 Å². The summed E-state index contributed by atoms with van der Waals surface area (Å²) >= 11 is 0. The lowest BCUT2D eigenvalue weighted by atomic mass is 10.3. The van der Waals surface area contributed by atoms with Crippen molar-refractivity contribution < 1.29 is 18.8 Å². The van der Waals surface area contributed by atoms with Crippen LogP contribution in [-0.2, 0) is 9.53 Å². The van der Waals surface area contributed by atoms with Crippen LogP contribution in [0.5, 0.6) is 0 Å². The summed E-state index contributed by atoms with van der Waals surface area (Å²) in [5.41, 5.74) is 0. The number of aromatic nitrogens is 1. The van der Waals surface area contributed by atoms with E-state index in [1.807, 2.05) is 4.90 Å². The van der Waals surface area contributed by atoms with E-state index in [-0.39, 0.29) is 11.9 Å². The van der Waals surface area contributed by atoms with Crippen molar-refractivity contribution in [2.24, 2.45) is 0 Å². The number of rotatable bonds is 7. The average Bonchev–Trinajstić information content (AvgIpc) is 2.97. The van der Waals surface area contributed by atoms with E-state index in [0.717, 1.165) is 6.42 Å². The molecule has 134 valence electrons. The Morgan fingerprint density at radius 3 is 2.71 bits per heavy atom. The zero-order valence-corrected chi connectivity index (χ0v) is 14.2. The molecule has 0 bridgehead atoms. The van der Waals surface area contributed by atoms with Gasteiger partial charge in [0.1, 0.15) is 5.76 Å². The van der Waals surface area contributed by atoms with Gasteiger partial charge >= 0.3 is 6.03 Å². The molecule has 0 unspecified atom stereocenters. The van der Waals surface area contributed by atoms with Crippen LogP contribution in [0.1, 0.15) is 12.2 Å². The minimum absolute atomic E-state index is 0.00192. The van der Waals surface area contributed by atoms with Crippen LogP contribution in [0.3, 0.4) is 0 Å². The summed E-state index contributed by atoms with van der Waals surface area (Å²) < 4.78 is 9.85. The number of nitrogens with one attached hydrogen (secondary N) is 2. The predicted molar refractivity (Wildman–Crippen MR) is 87.8 cm³/mol. The number of urea groups is 1. The van der Waals surface area contributed by atoms with Crippen molar-refractivity contribution in [3.63, 3.8) is 0 Å². The molecule has 1 aromatic heterocycles. The first-order chi connectivity index (χ1) is 11.6. The molecule has 1 aromatic rings. The summed E-state index contributed by atoms with van der Waals surface area (Å²) in [6.45, 7) is 5.84. The molecular formula is C15H25N5O4. The Labute approximate surface area is 141 Å². The molecule has 24 heavy (non-hydrogen) atoms. The molecule has 1 aliphatic heterocycles. The van der Waals surface area contributed by atoms with Gasteiger partial charge in [0.25, 0.3) is 0 Å². The first kappa shape index (κ1) is 18.2. The van der Waals surface area contributed by atoms with Crippen LogP contribution in [0.4, 0.5) is 10.6 Å². The monoisotopic (exact) mass is 339 g/mol. The molecule has 9 nitrogen and oxygen atoms in total. The Morgan fingerprint density at radius 1 is 1.33 bits per heavy atom. The standard InChI is InChI=1S/C15H25N5O4/c1-12-10-13(18-24-12)17-15(22)20-7-5-19(6-8-20)11-14(21)16-4-3-9-23-2/h10H,3-9,11H2,1-2H3,(H,16,21)(H,17,18,22). The first-order valence-electron chi connectivity index (χ1n) is 8.05. The molecule has 2 rings (SSSR count). The summed E-state index contributed by atoms with van der Waals surface area (Å²) in [7, 11) is 1.64. The number of ether oxygens (including phenoxy) is 1. The van der Waals surface area contributed by atoms with Gasteiger partial charge in [-0.3, -0.25) is 15.0 Å². The van der Waals surface area contributed by atoms with Gasteiger partial charge in [-0.2, -0.15) is 0 Å². The molecule has 0 radical (unpaired) electrons. The fourth-order valence-corrected chi connectivity index (χ4v) is 2.43. The minimum atomic E-state index is -0.202. The van der Waals surface area contributed by atoms with Crippen molar-refractivity contribution >= 4 is 17.8 Å². The second-order valence-electron chi connectivity index (χ2n) is 5.71. The molecule has 0 saturated carbocycles.